The average Bonchev–Trinajstić information content (AvgIpc) is 2.85. The van der Waals surface area contributed by atoms with E-state index in [1.54, 1.807) is 6.07 Å². The molecule has 0 unspecified atom stereocenters. The van der Waals surface area contributed by atoms with Crippen LogP contribution in [0.5, 0.6) is 0 Å². The number of carbonyl (C=O) groups excluding carboxylic acids is 1. The van der Waals surface area contributed by atoms with Gasteiger partial charge in [-0.3, -0.25) is 14.4 Å². The molecule has 8 heteroatoms. The fraction of sp³-hybridized carbons (Fsp3) is 0.321. The van der Waals surface area contributed by atoms with E-state index in [9.17, 15) is 13.2 Å². The lowest BCUT2D eigenvalue weighted by atomic mass is 10.1. The Morgan fingerprint density at radius 2 is 1.69 bits per heavy atom. The number of rotatable bonds is 8. The maximum Gasteiger partial charge on any atom is 0.263 e. The van der Waals surface area contributed by atoms with E-state index in [1.807, 2.05) is 38.1 Å². The molecule has 1 saturated heterocycles. The molecule has 1 heterocycles. The molecule has 0 bridgehead atoms. The fourth-order valence-corrected chi connectivity index (χ4v) is 6.13. The van der Waals surface area contributed by atoms with Crippen LogP contribution in [0.15, 0.2) is 65.6 Å². The van der Waals surface area contributed by atoms with Gasteiger partial charge in [0, 0.05) is 18.7 Å². The maximum atomic E-state index is 13.1. The van der Waals surface area contributed by atoms with Crippen LogP contribution in [-0.2, 0) is 23.1 Å². The Bertz CT molecular complexity index is 1350. The summed E-state index contributed by atoms with van der Waals surface area (Å²) in [5.74, 6) is -0.365. The molecule has 36 heavy (non-hydrogen) atoms. The predicted molar refractivity (Wildman–Crippen MR) is 145 cm³/mol. The molecular weight excluding hydrogens is 494 g/mol. The van der Waals surface area contributed by atoms with Gasteiger partial charge in [-0.1, -0.05) is 60.0 Å². The zero-order valence-electron chi connectivity index (χ0n) is 20.7. The molecule has 0 spiro atoms. The van der Waals surface area contributed by atoms with Gasteiger partial charge in [0.2, 0.25) is 0 Å². The molecule has 0 atom stereocenters. The number of nitrogens with one attached hydrogen (secondary N) is 2. The largest absolute Gasteiger partial charge is 0.348 e. The molecule has 6 nitrogen and oxygen atoms in total. The number of nitrogens with zero attached hydrogens (tertiary/aromatic N) is 1. The average molecular weight is 526 g/mol. The summed E-state index contributed by atoms with van der Waals surface area (Å²) in [6.45, 7) is 7.28. The normalized spacial score (nSPS) is 14.4. The lowest BCUT2D eigenvalue weighted by Crippen LogP contribution is -2.29. The Balaban J connectivity index is 1.44. The monoisotopic (exact) mass is 525 g/mol. The highest BCUT2D eigenvalue weighted by Crippen LogP contribution is 2.27. The van der Waals surface area contributed by atoms with E-state index in [4.69, 9.17) is 11.6 Å². The van der Waals surface area contributed by atoms with E-state index in [-0.39, 0.29) is 21.4 Å². The number of anilines is 1. The van der Waals surface area contributed by atoms with Gasteiger partial charge in [0.1, 0.15) is 4.90 Å². The van der Waals surface area contributed by atoms with Crippen molar-refractivity contribution in [3.63, 3.8) is 0 Å². The zero-order valence-corrected chi connectivity index (χ0v) is 22.3. The number of amides is 1. The smallest absolute Gasteiger partial charge is 0.263 e. The van der Waals surface area contributed by atoms with E-state index >= 15 is 0 Å². The number of hydrogen-bond donors (Lipinski definition) is 2. The Morgan fingerprint density at radius 1 is 0.944 bits per heavy atom. The van der Waals surface area contributed by atoms with Crippen LogP contribution in [0, 0.1) is 13.8 Å². The van der Waals surface area contributed by atoms with Crippen LogP contribution in [0.1, 0.15) is 51.9 Å². The number of piperidine rings is 1. The van der Waals surface area contributed by atoms with Gasteiger partial charge in [-0.25, -0.2) is 8.42 Å². The highest BCUT2D eigenvalue weighted by atomic mass is 35.5. The summed E-state index contributed by atoms with van der Waals surface area (Å²) in [5, 5.41) is 2.95. The van der Waals surface area contributed by atoms with Crippen molar-refractivity contribution in [3.05, 3.63) is 93.5 Å². The van der Waals surface area contributed by atoms with E-state index in [0.717, 1.165) is 36.3 Å². The van der Waals surface area contributed by atoms with Crippen molar-refractivity contribution in [3.8, 4) is 0 Å². The van der Waals surface area contributed by atoms with Crippen LogP contribution in [-0.4, -0.2) is 32.3 Å². The lowest BCUT2D eigenvalue weighted by molar-refractivity contribution is 0.0950. The molecule has 1 amide bonds. The van der Waals surface area contributed by atoms with E-state index < -0.39 is 10.0 Å². The van der Waals surface area contributed by atoms with Crippen molar-refractivity contribution in [2.45, 2.75) is 51.1 Å². The summed E-state index contributed by atoms with van der Waals surface area (Å²) in [4.78, 5) is 15.2. The number of halogens is 1. The van der Waals surface area contributed by atoms with Crippen molar-refractivity contribution in [2.75, 3.05) is 17.8 Å². The Labute approximate surface area is 218 Å². The van der Waals surface area contributed by atoms with Crippen LogP contribution in [0.4, 0.5) is 5.69 Å². The third-order valence-electron chi connectivity index (χ3n) is 6.41. The second kappa shape index (κ2) is 11.5. The molecule has 4 rings (SSSR count). The third kappa shape index (κ3) is 6.66. The topological polar surface area (TPSA) is 78.5 Å². The summed E-state index contributed by atoms with van der Waals surface area (Å²) < 4.78 is 28.8. The molecule has 1 fully saturated rings. The minimum Gasteiger partial charge on any atom is -0.348 e. The molecule has 2 N–H and O–H groups in total. The van der Waals surface area contributed by atoms with E-state index in [0.29, 0.717) is 12.2 Å². The van der Waals surface area contributed by atoms with Crippen molar-refractivity contribution in [1.29, 1.82) is 0 Å². The first-order valence-electron chi connectivity index (χ1n) is 12.2. The molecule has 0 saturated carbocycles. The van der Waals surface area contributed by atoms with Crippen molar-refractivity contribution >= 4 is 33.2 Å². The van der Waals surface area contributed by atoms with Crippen LogP contribution in [0.25, 0.3) is 0 Å². The van der Waals surface area contributed by atoms with E-state index in [2.05, 4.69) is 27.1 Å². The van der Waals surface area contributed by atoms with Crippen LogP contribution in [0.2, 0.25) is 5.02 Å². The Kier molecular flexibility index (Phi) is 8.34. The maximum absolute atomic E-state index is 13.1. The zero-order chi connectivity index (χ0) is 25.7. The number of hydrogen-bond acceptors (Lipinski definition) is 4. The third-order valence-corrected chi connectivity index (χ3v) is 8.26. The van der Waals surface area contributed by atoms with Crippen LogP contribution in [0.3, 0.4) is 0 Å². The van der Waals surface area contributed by atoms with Gasteiger partial charge >= 0.3 is 0 Å². The highest BCUT2D eigenvalue weighted by Gasteiger charge is 2.21. The summed E-state index contributed by atoms with van der Waals surface area (Å²) >= 11 is 6.23. The van der Waals surface area contributed by atoms with Crippen molar-refractivity contribution in [2.24, 2.45) is 0 Å². The Hall–Kier alpha value is -2.87. The van der Waals surface area contributed by atoms with Gasteiger partial charge in [-0.15, -0.1) is 0 Å². The van der Waals surface area contributed by atoms with Crippen molar-refractivity contribution < 1.29 is 13.2 Å². The number of aryl methyl sites for hydroxylation is 2. The molecule has 0 aromatic heterocycles. The minimum absolute atomic E-state index is 0.0502. The molecule has 1 aliphatic heterocycles. The molecule has 190 valence electrons. The molecule has 1 aliphatic rings. The SMILES string of the molecule is Cc1ccc(NS(=O)(=O)c2cc(C(=O)NCc3cccc(CN4CCCCC4)c3)ccc2Cl)c(C)c1. The fourth-order valence-electron chi connectivity index (χ4n) is 4.48. The van der Waals surface area contributed by atoms with Gasteiger partial charge in [0.05, 0.1) is 10.7 Å². The van der Waals surface area contributed by atoms with Gasteiger partial charge in [-0.05, 0) is 80.7 Å². The summed E-state index contributed by atoms with van der Waals surface area (Å²) in [7, 11) is -3.99. The highest BCUT2D eigenvalue weighted by molar-refractivity contribution is 7.92. The Morgan fingerprint density at radius 3 is 2.44 bits per heavy atom. The minimum atomic E-state index is -3.99. The first-order valence-corrected chi connectivity index (χ1v) is 14.1. The van der Waals surface area contributed by atoms with E-state index in [1.165, 1.54) is 43.0 Å². The molecule has 0 aliphatic carbocycles. The molecule has 3 aromatic rings. The summed E-state index contributed by atoms with van der Waals surface area (Å²) in [5.41, 5.74) is 4.74. The van der Waals surface area contributed by atoms with Gasteiger partial charge in [0.15, 0.2) is 0 Å². The molecule has 3 aromatic carbocycles. The first-order chi connectivity index (χ1) is 17.2. The molecule has 0 radical (unpaired) electrons. The summed E-state index contributed by atoms with van der Waals surface area (Å²) in [6.07, 6.45) is 3.79. The van der Waals surface area contributed by atoms with Crippen LogP contribution >= 0.6 is 11.6 Å². The number of likely N-dealkylation sites (tertiary alicyclic amines) is 1. The van der Waals surface area contributed by atoms with Gasteiger partial charge in [-0.2, -0.15) is 0 Å². The number of sulfonamides is 1. The number of benzene rings is 3. The second-order valence-corrected chi connectivity index (χ2v) is 11.5. The standard InChI is InChI=1S/C28H32ClN3O3S/c1-20-9-12-26(21(2)15-20)31-36(34,35)27-17-24(10-11-25(27)29)28(33)30-18-22-7-6-8-23(16-22)19-32-13-4-3-5-14-32/h6-12,15-17,31H,3-5,13-14,18-19H2,1-2H3,(H,30,33). The second-order valence-electron chi connectivity index (χ2n) is 9.41. The predicted octanol–water partition coefficient (Wildman–Crippen LogP) is 5.67. The van der Waals surface area contributed by atoms with Crippen molar-refractivity contribution in [1.82, 2.24) is 10.2 Å². The number of carbonyl (C=O) groups is 1. The first kappa shape index (κ1) is 26.2. The van der Waals surface area contributed by atoms with Gasteiger partial charge < -0.3 is 5.32 Å². The summed E-state index contributed by atoms with van der Waals surface area (Å²) in [6, 6.07) is 17.9. The molecular formula is C28H32ClN3O3S. The van der Waals surface area contributed by atoms with Gasteiger partial charge in [0.25, 0.3) is 15.9 Å². The quantitative estimate of drug-likeness (QED) is 0.397. The van der Waals surface area contributed by atoms with Crippen LogP contribution < -0.4 is 10.0 Å². The lowest BCUT2D eigenvalue weighted by Gasteiger charge is -2.26.